The number of aryl methyl sites for hydroxylation is 1. The summed E-state index contributed by atoms with van der Waals surface area (Å²) in [4.78, 5) is 15.8. The van der Waals surface area contributed by atoms with E-state index in [9.17, 15) is 9.18 Å². The fraction of sp³-hybridized carbons (Fsp3) is 0.227. The molecule has 0 radical (unpaired) electrons. The molecule has 0 atom stereocenters. The molecule has 4 heteroatoms. The highest BCUT2D eigenvalue weighted by Crippen LogP contribution is 2.25. The molecule has 0 spiro atoms. The van der Waals surface area contributed by atoms with E-state index in [-0.39, 0.29) is 11.8 Å². The van der Waals surface area contributed by atoms with Crippen molar-refractivity contribution in [2.24, 2.45) is 0 Å². The standard InChI is InChI=1S/C22H22FNO2/c1-3-16-6-5-7-20-18(14-24-21(16)20)13-17(22(25)26-4-2)12-15-8-10-19(23)11-9-15/h5-12,14,24H,3-4,13H2,1-2H3/b17-12+. The van der Waals surface area contributed by atoms with Gasteiger partial charge in [0.1, 0.15) is 5.82 Å². The molecule has 1 heterocycles. The second-order valence-corrected chi connectivity index (χ2v) is 6.13. The first-order chi connectivity index (χ1) is 12.6. The first kappa shape index (κ1) is 17.9. The number of H-pyrrole nitrogens is 1. The van der Waals surface area contributed by atoms with Crippen molar-refractivity contribution in [3.63, 3.8) is 0 Å². The molecule has 3 nitrogen and oxygen atoms in total. The molecule has 3 rings (SSSR count). The smallest absolute Gasteiger partial charge is 0.334 e. The lowest BCUT2D eigenvalue weighted by atomic mass is 10.0. The summed E-state index contributed by atoms with van der Waals surface area (Å²) in [5, 5.41) is 1.11. The van der Waals surface area contributed by atoms with E-state index in [1.54, 1.807) is 25.1 Å². The lowest BCUT2D eigenvalue weighted by Crippen LogP contribution is -2.09. The molecule has 26 heavy (non-hydrogen) atoms. The van der Waals surface area contributed by atoms with Gasteiger partial charge in [-0.2, -0.15) is 0 Å². The predicted molar refractivity (Wildman–Crippen MR) is 102 cm³/mol. The van der Waals surface area contributed by atoms with Crippen LogP contribution in [-0.4, -0.2) is 17.6 Å². The Morgan fingerprint density at radius 1 is 1.12 bits per heavy atom. The van der Waals surface area contributed by atoms with E-state index in [1.165, 1.54) is 17.7 Å². The Hall–Kier alpha value is -2.88. The maximum absolute atomic E-state index is 13.1. The lowest BCUT2D eigenvalue weighted by Gasteiger charge is -2.08. The van der Waals surface area contributed by atoms with E-state index in [0.29, 0.717) is 18.6 Å². The number of aromatic nitrogens is 1. The third kappa shape index (κ3) is 3.85. The molecule has 1 N–H and O–H groups in total. The maximum atomic E-state index is 13.1. The number of carbonyl (C=O) groups is 1. The number of aromatic amines is 1. The number of benzene rings is 2. The Morgan fingerprint density at radius 3 is 2.58 bits per heavy atom. The minimum Gasteiger partial charge on any atom is -0.463 e. The highest BCUT2D eigenvalue weighted by Gasteiger charge is 2.15. The van der Waals surface area contributed by atoms with Crippen LogP contribution in [0.2, 0.25) is 0 Å². The van der Waals surface area contributed by atoms with Gasteiger partial charge in [0.25, 0.3) is 0 Å². The number of esters is 1. The van der Waals surface area contributed by atoms with Crippen LogP contribution in [0.15, 0.2) is 54.2 Å². The molecule has 0 amide bonds. The molecular formula is C22H22FNO2. The van der Waals surface area contributed by atoms with E-state index in [4.69, 9.17) is 4.74 Å². The van der Waals surface area contributed by atoms with Crippen molar-refractivity contribution < 1.29 is 13.9 Å². The minimum atomic E-state index is -0.349. The summed E-state index contributed by atoms with van der Waals surface area (Å²) in [5.74, 6) is -0.652. The Labute approximate surface area is 152 Å². The molecule has 3 aromatic rings. The van der Waals surface area contributed by atoms with Crippen LogP contribution in [-0.2, 0) is 22.4 Å². The average molecular weight is 351 g/mol. The number of rotatable bonds is 6. The van der Waals surface area contributed by atoms with Gasteiger partial charge in [-0.15, -0.1) is 0 Å². The fourth-order valence-corrected chi connectivity index (χ4v) is 3.09. The molecule has 134 valence electrons. The predicted octanol–water partition coefficient (Wildman–Crippen LogP) is 5.06. The normalized spacial score (nSPS) is 11.7. The number of ether oxygens (including phenoxy) is 1. The molecule has 2 aromatic carbocycles. The second-order valence-electron chi connectivity index (χ2n) is 6.13. The molecule has 0 aliphatic carbocycles. The van der Waals surface area contributed by atoms with Crippen molar-refractivity contribution in [1.82, 2.24) is 4.98 Å². The molecule has 0 saturated carbocycles. The van der Waals surface area contributed by atoms with E-state index >= 15 is 0 Å². The Morgan fingerprint density at radius 2 is 1.88 bits per heavy atom. The Kier molecular flexibility index (Phi) is 5.52. The molecular weight excluding hydrogens is 329 g/mol. The van der Waals surface area contributed by atoms with Gasteiger partial charge < -0.3 is 9.72 Å². The van der Waals surface area contributed by atoms with Gasteiger partial charge in [0.05, 0.1) is 6.61 Å². The van der Waals surface area contributed by atoms with Gasteiger partial charge in [0, 0.05) is 29.1 Å². The summed E-state index contributed by atoms with van der Waals surface area (Å²) >= 11 is 0. The number of hydrogen-bond donors (Lipinski definition) is 1. The topological polar surface area (TPSA) is 42.1 Å². The SMILES string of the molecule is CCOC(=O)/C(=C/c1ccc(F)cc1)Cc1c[nH]c2c(CC)cccc12. The van der Waals surface area contributed by atoms with Gasteiger partial charge in [-0.1, -0.05) is 37.3 Å². The first-order valence-corrected chi connectivity index (χ1v) is 8.83. The third-order valence-corrected chi connectivity index (χ3v) is 4.40. The maximum Gasteiger partial charge on any atom is 0.334 e. The van der Waals surface area contributed by atoms with Crippen molar-refractivity contribution in [2.45, 2.75) is 26.7 Å². The fourth-order valence-electron chi connectivity index (χ4n) is 3.09. The monoisotopic (exact) mass is 351 g/mol. The van der Waals surface area contributed by atoms with Crippen LogP contribution in [0.5, 0.6) is 0 Å². The van der Waals surface area contributed by atoms with Crippen LogP contribution >= 0.6 is 0 Å². The second kappa shape index (κ2) is 8.00. The summed E-state index contributed by atoms with van der Waals surface area (Å²) in [6.45, 7) is 4.22. The summed E-state index contributed by atoms with van der Waals surface area (Å²) < 4.78 is 18.4. The van der Waals surface area contributed by atoms with Crippen LogP contribution in [0, 0.1) is 5.82 Å². The van der Waals surface area contributed by atoms with Crippen molar-refractivity contribution in [2.75, 3.05) is 6.61 Å². The molecule has 0 aliphatic heterocycles. The zero-order valence-corrected chi connectivity index (χ0v) is 15.0. The molecule has 0 aliphatic rings. The van der Waals surface area contributed by atoms with Gasteiger partial charge >= 0.3 is 5.97 Å². The highest BCUT2D eigenvalue weighted by molar-refractivity contribution is 5.95. The average Bonchev–Trinajstić information content (AvgIpc) is 3.06. The molecule has 0 saturated heterocycles. The zero-order valence-electron chi connectivity index (χ0n) is 15.0. The number of nitrogens with one attached hydrogen (secondary N) is 1. The van der Waals surface area contributed by atoms with Gasteiger partial charge in [0.15, 0.2) is 0 Å². The van der Waals surface area contributed by atoms with Crippen LogP contribution < -0.4 is 0 Å². The van der Waals surface area contributed by atoms with E-state index in [1.807, 2.05) is 12.3 Å². The van der Waals surface area contributed by atoms with Crippen LogP contribution in [0.4, 0.5) is 4.39 Å². The number of halogens is 1. The van der Waals surface area contributed by atoms with Gasteiger partial charge in [-0.05, 0) is 48.2 Å². The molecule has 0 unspecified atom stereocenters. The van der Waals surface area contributed by atoms with E-state index in [2.05, 4.69) is 24.0 Å². The van der Waals surface area contributed by atoms with Crippen LogP contribution in [0.25, 0.3) is 17.0 Å². The van der Waals surface area contributed by atoms with Gasteiger partial charge in [-0.3, -0.25) is 0 Å². The molecule has 1 aromatic heterocycles. The van der Waals surface area contributed by atoms with Crippen molar-refractivity contribution in [1.29, 1.82) is 0 Å². The van der Waals surface area contributed by atoms with Crippen LogP contribution in [0.3, 0.4) is 0 Å². The van der Waals surface area contributed by atoms with Crippen molar-refractivity contribution in [3.8, 4) is 0 Å². The highest BCUT2D eigenvalue weighted by atomic mass is 19.1. The molecule has 0 bridgehead atoms. The van der Waals surface area contributed by atoms with Crippen molar-refractivity contribution >= 4 is 22.9 Å². The molecule has 0 fully saturated rings. The number of carbonyl (C=O) groups excluding carboxylic acids is 1. The summed E-state index contributed by atoms with van der Waals surface area (Å²) in [6, 6.07) is 12.3. The number of para-hydroxylation sites is 1. The quantitative estimate of drug-likeness (QED) is 0.498. The minimum absolute atomic E-state index is 0.302. The van der Waals surface area contributed by atoms with E-state index in [0.717, 1.165) is 28.5 Å². The first-order valence-electron chi connectivity index (χ1n) is 8.83. The lowest BCUT2D eigenvalue weighted by molar-refractivity contribution is -0.138. The summed E-state index contributed by atoms with van der Waals surface area (Å²) in [7, 11) is 0. The van der Waals surface area contributed by atoms with Gasteiger partial charge in [-0.25, -0.2) is 9.18 Å². The largest absolute Gasteiger partial charge is 0.463 e. The summed E-state index contributed by atoms with van der Waals surface area (Å²) in [5.41, 5.74) is 4.70. The van der Waals surface area contributed by atoms with Gasteiger partial charge in [0.2, 0.25) is 0 Å². The Balaban J connectivity index is 1.98. The number of hydrogen-bond acceptors (Lipinski definition) is 2. The van der Waals surface area contributed by atoms with E-state index < -0.39 is 0 Å². The summed E-state index contributed by atoms with van der Waals surface area (Å²) in [6.07, 6.45) is 5.10. The zero-order chi connectivity index (χ0) is 18.5. The third-order valence-electron chi connectivity index (χ3n) is 4.40. The Bertz CT molecular complexity index is 938. The number of fused-ring (bicyclic) bond motifs is 1. The van der Waals surface area contributed by atoms with Crippen molar-refractivity contribution in [3.05, 3.63) is 76.7 Å². The van der Waals surface area contributed by atoms with Crippen LogP contribution in [0.1, 0.15) is 30.5 Å².